The van der Waals surface area contributed by atoms with Gasteiger partial charge < -0.3 is 9.32 Å². The number of aryl methyl sites for hydroxylation is 2. The highest BCUT2D eigenvalue weighted by atomic mass is 16.3. The average molecular weight is 334 g/mol. The molecule has 3 heteroatoms. The van der Waals surface area contributed by atoms with Crippen molar-refractivity contribution >= 4 is 11.0 Å². The Morgan fingerprint density at radius 3 is 2.36 bits per heavy atom. The number of nitrogens with zero attached hydrogens (tertiary/aromatic N) is 2. The van der Waals surface area contributed by atoms with E-state index in [4.69, 9.17) is 9.41 Å². The monoisotopic (exact) mass is 334 g/mol. The Bertz CT molecular complexity index is 921. The van der Waals surface area contributed by atoms with E-state index >= 15 is 0 Å². The molecule has 0 N–H and O–H groups in total. The normalized spacial score (nSPS) is 12.3. The van der Waals surface area contributed by atoms with Crippen molar-refractivity contribution < 1.29 is 4.42 Å². The largest absolute Gasteiger partial charge is 0.456 e. The SMILES string of the molecule is Cc1ccc(-c2cc(=NCCCN(C)C)c3cc(C)ccc3o2)cc1. The molecule has 3 nitrogen and oxygen atoms in total. The Morgan fingerprint density at radius 1 is 0.920 bits per heavy atom. The highest BCUT2D eigenvalue weighted by Crippen LogP contribution is 2.23. The highest BCUT2D eigenvalue weighted by Gasteiger charge is 2.06. The lowest BCUT2D eigenvalue weighted by molar-refractivity contribution is 0.402. The first-order chi connectivity index (χ1) is 12.0. The van der Waals surface area contributed by atoms with E-state index in [9.17, 15) is 0 Å². The summed E-state index contributed by atoms with van der Waals surface area (Å²) in [4.78, 5) is 7.05. The molecule has 2 aromatic carbocycles. The minimum atomic E-state index is 0.818. The molecule has 3 rings (SSSR count). The number of fused-ring (bicyclic) bond motifs is 1. The molecule has 25 heavy (non-hydrogen) atoms. The molecule has 0 bridgehead atoms. The molecule has 0 aliphatic heterocycles. The summed E-state index contributed by atoms with van der Waals surface area (Å²) in [5.74, 6) is 0.864. The predicted octanol–water partition coefficient (Wildman–Crippen LogP) is 4.57. The molecule has 0 radical (unpaired) electrons. The van der Waals surface area contributed by atoms with Crippen LogP contribution in [0.3, 0.4) is 0 Å². The number of benzene rings is 2. The van der Waals surface area contributed by atoms with Crippen molar-refractivity contribution in [2.24, 2.45) is 4.99 Å². The summed E-state index contributed by atoms with van der Waals surface area (Å²) in [7, 11) is 4.19. The number of rotatable bonds is 5. The molecule has 0 saturated carbocycles. The topological polar surface area (TPSA) is 28.7 Å². The van der Waals surface area contributed by atoms with Crippen molar-refractivity contribution in [3.8, 4) is 11.3 Å². The zero-order valence-electron chi connectivity index (χ0n) is 15.5. The standard InChI is InChI=1S/C22H26N2O/c1-16-6-9-18(10-7-16)22-15-20(23-12-5-13-24(3)4)19-14-17(2)8-11-21(19)25-22/h6-11,14-15H,5,12-13H2,1-4H3. The van der Waals surface area contributed by atoms with Crippen LogP contribution in [0.15, 0.2) is 57.9 Å². The van der Waals surface area contributed by atoms with Gasteiger partial charge in [-0.15, -0.1) is 0 Å². The van der Waals surface area contributed by atoms with E-state index in [2.05, 4.69) is 75.3 Å². The number of hydrogen-bond donors (Lipinski definition) is 0. The van der Waals surface area contributed by atoms with E-state index in [0.717, 1.165) is 47.2 Å². The molecule has 0 aliphatic carbocycles. The van der Waals surface area contributed by atoms with Gasteiger partial charge in [0, 0.05) is 23.6 Å². The fourth-order valence-corrected chi connectivity index (χ4v) is 2.86. The van der Waals surface area contributed by atoms with E-state index < -0.39 is 0 Å². The summed E-state index contributed by atoms with van der Waals surface area (Å²) in [6, 6.07) is 16.8. The first-order valence-corrected chi connectivity index (χ1v) is 8.80. The highest BCUT2D eigenvalue weighted by molar-refractivity contribution is 5.79. The van der Waals surface area contributed by atoms with Gasteiger partial charge in [-0.2, -0.15) is 0 Å². The van der Waals surface area contributed by atoms with Crippen LogP contribution in [0.5, 0.6) is 0 Å². The fraction of sp³-hybridized carbons (Fsp3) is 0.318. The summed E-state index contributed by atoms with van der Waals surface area (Å²) in [5.41, 5.74) is 4.43. The first-order valence-electron chi connectivity index (χ1n) is 8.80. The molecule has 130 valence electrons. The van der Waals surface area contributed by atoms with Crippen LogP contribution in [-0.4, -0.2) is 32.1 Å². The molecule has 0 amide bonds. The second-order valence-corrected chi connectivity index (χ2v) is 6.90. The minimum Gasteiger partial charge on any atom is -0.456 e. The van der Waals surface area contributed by atoms with Gasteiger partial charge in [0.25, 0.3) is 0 Å². The molecule has 0 unspecified atom stereocenters. The van der Waals surface area contributed by atoms with Crippen molar-refractivity contribution in [1.29, 1.82) is 0 Å². The smallest absolute Gasteiger partial charge is 0.136 e. The van der Waals surface area contributed by atoms with Crippen molar-refractivity contribution in [3.05, 3.63) is 65.0 Å². The van der Waals surface area contributed by atoms with Crippen LogP contribution in [0.4, 0.5) is 0 Å². The average Bonchev–Trinajstić information content (AvgIpc) is 2.59. The summed E-state index contributed by atoms with van der Waals surface area (Å²) in [6.45, 7) is 6.06. The lowest BCUT2D eigenvalue weighted by Crippen LogP contribution is -2.14. The Balaban J connectivity index is 2.06. The Morgan fingerprint density at radius 2 is 1.64 bits per heavy atom. The van der Waals surface area contributed by atoms with Crippen LogP contribution < -0.4 is 5.36 Å². The van der Waals surface area contributed by atoms with Crippen LogP contribution >= 0.6 is 0 Å². The summed E-state index contributed by atoms with van der Waals surface area (Å²) >= 11 is 0. The summed E-state index contributed by atoms with van der Waals surface area (Å²) in [6.07, 6.45) is 1.05. The van der Waals surface area contributed by atoms with Gasteiger partial charge in [0.15, 0.2) is 0 Å². The summed E-state index contributed by atoms with van der Waals surface area (Å²) in [5, 5.41) is 2.10. The second-order valence-electron chi connectivity index (χ2n) is 6.90. The maximum Gasteiger partial charge on any atom is 0.136 e. The lowest BCUT2D eigenvalue weighted by atomic mass is 10.1. The molecule has 0 aliphatic rings. The molecule has 3 aromatic rings. The molecule has 0 fully saturated rings. The molecule has 1 heterocycles. The minimum absolute atomic E-state index is 0.818. The molecular weight excluding hydrogens is 308 g/mol. The third-order valence-corrected chi connectivity index (χ3v) is 4.28. The maximum absolute atomic E-state index is 6.16. The predicted molar refractivity (Wildman–Crippen MR) is 105 cm³/mol. The van der Waals surface area contributed by atoms with Gasteiger partial charge in [0.1, 0.15) is 11.3 Å². The van der Waals surface area contributed by atoms with E-state index in [1.54, 1.807) is 0 Å². The first kappa shape index (κ1) is 17.4. The quantitative estimate of drug-likeness (QED) is 0.640. The lowest BCUT2D eigenvalue weighted by Gasteiger charge is -2.08. The molecule has 0 atom stereocenters. The van der Waals surface area contributed by atoms with Crippen LogP contribution in [-0.2, 0) is 0 Å². The second kappa shape index (κ2) is 7.66. The van der Waals surface area contributed by atoms with Gasteiger partial charge >= 0.3 is 0 Å². The number of hydrogen-bond acceptors (Lipinski definition) is 3. The van der Waals surface area contributed by atoms with Crippen LogP contribution in [0.1, 0.15) is 17.5 Å². The van der Waals surface area contributed by atoms with E-state index in [1.165, 1.54) is 11.1 Å². The third-order valence-electron chi connectivity index (χ3n) is 4.28. The molecule has 1 aromatic heterocycles. The van der Waals surface area contributed by atoms with Gasteiger partial charge in [0.05, 0.1) is 5.36 Å². The zero-order chi connectivity index (χ0) is 17.8. The van der Waals surface area contributed by atoms with Crippen LogP contribution in [0.25, 0.3) is 22.3 Å². The van der Waals surface area contributed by atoms with Gasteiger partial charge in [-0.1, -0.05) is 41.5 Å². The molecule has 0 saturated heterocycles. The van der Waals surface area contributed by atoms with Crippen molar-refractivity contribution in [1.82, 2.24) is 4.90 Å². The van der Waals surface area contributed by atoms with E-state index in [0.29, 0.717) is 0 Å². The Kier molecular flexibility index (Phi) is 5.34. The van der Waals surface area contributed by atoms with Crippen molar-refractivity contribution in [2.75, 3.05) is 27.2 Å². The van der Waals surface area contributed by atoms with Crippen molar-refractivity contribution in [3.63, 3.8) is 0 Å². The molecule has 0 spiro atoms. The van der Waals surface area contributed by atoms with Gasteiger partial charge in [-0.3, -0.25) is 4.99 Å². The van der Waals surface area contributed by atoms with Crippen molar-refractivity contribution in [2.45, 2.75) is 20.3 Å². The van der Waals surface area contributed by atoms with Gasteiger partial charge in [-0.05, 0) is 53.0 Å². The van der Waals surface area contributed by atoms with E-state index in [-0.39, 0.29) is 0 Å². The van der Waals surface area contributed by atoms with E-state index in [1.807, 2.05) is 6.07 Å². The fourth-order valence-electron chi connectivity index (χ4n) is 2.86. The van der Waals surface area contributed by atoms with Gasteiger partial charge in [0.2, 0.25) is 0 Å². The van der Waals surface area contributed by atoms with Crippen LogP contribution in [0, 0.1) is 13.8 Å². The van der Waals surface area contributed by atoms with Crippen LogP contribution in [0.2, 0.25) is 0 Å². The molecular formula is C22H26N2O. The Hall–Kier alpha value is -2.39. The third kappa shape index (κ3) is 4.37. The zero-order valence-corrected chi connectivity index (χ0v) is 15.5. The van der Waals surface area contributed by atoms with Gasteiger partial charge in [-0.25, -0.2) is 0 Å². The Labute approximate surface area is 149 Å². The maximum atomic E-state index is 6.16. The summed E-state index contributed by atoms with van der Waals surface area (Å²) < 4.78 is 6.16.